The molecule has 4 N–H and O–H groups in total. The SMILES string of the molecule is CCc1c2[nH]c(c1C=O)/C=c1\[nH]/c(c(C)c1CC)=C\C1=C(C)[C@H](CCC(=O)OC/C=C(/C)CCC[C@H](C)CCC[C@H](C)CCCC(C)C)C(N1)C1=c3[nH]/c(c(C)c3C(=O)[C@@H]1C(=O)OC)=C\2. The summed E-state index contributed by atoms with van der Waals surface area (Å²) in [5.41, 5.74) is 10.1. The van der Waals surface area contributed by atoms with Crippen molar-refractivity contribution in [3.63, 3.8) is 0 Å². The molecule has 3 aromatic heterocycles. The van der Waals surface area contributed by atoms with Crippen LogP contribution in [-0.2, 0) is 31.9 Å². The number of H-pyrrole nitrogens is 3. The molecule has 3 aromatic rings. The number of rotatable bonds is 21. The number of aromatic amines is 3. The van der Waals surface area contributed by atoms with Crippen LogP contribution in [0, 0.1) is 43.4 Å². The zero-order valence-electron chi connectivity index (χ0n) is 41.2. The van der Waals surface area contributed by atoms with Gasteiger partial charge in [0.1, 0.15) is 12.5 Å². The number of carbonyl (C=O) groups excluding carboxylic acids is 4. The molecule has 0 saturated carbocycles. The van der Waals surface area contributed by atoms with Crippen LogP contribution in [0.4, 0.5) is 0 Å². The van der Waals surface area contributed by atoms with Gasteiger partial charge in [0, 0.05) is 50.9 Å². The summed E-state index contributed by atoms with van der Waals surface area (Å²) in [4.78, 5) is 64.9. The first-order valence-electron chi connectivity index (χ1n) is 24.6. The summed E-state index contributed by atoms with van der Waals surface area (Å²) in [5.74, 6) is -0.290. The molecule has 10 heteroatoms. The van der Waals surface area contributed by atoms with Gasteiger partial charge in [-0.05, 0) is 135 Å². The Morgan fingerprint density at radius 3 is 2.08 bits per heavy atom. The highest BCUT2D eigenvalue weighted by Crippen LogP contribution is 2.40. The second-order valence-corrected chi connectivity index (χ2v) is 19.8. The van der Waals surface area contributed by atoms with E-state index in [0.29, 0.717) is 57.4 Å². The van der Waals surface area contributed by atoms with Crippen molar-refractivity contribution in [1.29, 1.82) is 0 Å². The average molecular weight is 889 g/mol. The molecular formula is C55H76N4O6. The van der Waals surface area contributed by atoms with Crippen LogP contribution < -0.4 is 26.7 Å². The molecule has 0 fully saturated rings. The minimum Gasteiger partial charge on any atom is -0.468 e. The van der Waals surface area contributed by atoms with Gasteiger partial charge in [0.25, 0.3) is 0 Å². The Labute approximate surface area is 386 Å². The maximum absolute atomic E-state index is 14.4. The fourth-order valence-electron chi connectivity index (χ4n) is 10.7. The summed E-state index contributed by atoms with van der Waals surface area (Å²) >= 11 is 0. The van der Waals surface area contributed by atoms with E-state index >= 15 is 0 Å². The number of hydrogen-bond donors (Lipinski definition) is 4. The molecule has 65 heavy (non-hydrogen) atoms. The Hall–Kier alpha value is -5.12. The number of methoxy groups -OCH3 is 1. The zero-order chi connectivity index (χ0) is 47.1. The third kappa shape index (κ3) is 11.0. The highest BCUT2D eigenvalue weighted by Gasteiger charge is 2.47. The number of nitrogens with one attached hydrogen (secondary N) is 4. The lowest BCUT2D eigenvalue weighted by Gasteiger charge is -2.26. The third-order valence-electron chi connectivity index (χ3n) is 14.7. The molecule has 6 rings (SSSR count). The Morgan fingerprint density at radius 1 is 0.785 bits per heavy atom. The van der Waals surface area contributed by atoms with Crippen LogP contribution in [0.5, 0.6) is 0 Å². The van der Waals surface area contributed by atoms with Crippen LogP contribution in [-0.4, -0.2) is 58.7 Å². The minimum atomic E-state index is -1.15. The Bertz CT molecular complexity index is 2580. The normalized spacial score (nSPS) is 20.5. The molecule has 1 aliphatic carbocycles. The molecule has 8 bridgehead atoms. The predicted octanol–water partition coefficient (Wildman–Crippen LogP) is 8.38. The average Bonchev–Trinajstić information content (AvgIpc) is 4.02. The summed E-state index contributed by atoms with van der Waals surface area (Å²) in [7, 11) is 1.31. The monoisotopic (exact) mass is 889 g/mol. The van der Waals surface area contributed by atoms with Crippen molar-refractivity contribution in [2.45, 2.75) is 159 Å². The third-order valence-corrected chi connectivity index (χ3v) is 14.7. The van der Waals surface area contributed by atoms with Crippen molar-refractivity contribution in [3.8, 4) is 0 Å². The zero-order valence-corrected chi connectivity index (χ0v) is 41.2. The van der Waals surface area contributed by atoms with Gasteiger partial charge in [0.15, 0.2) is 12.1 Å². The first-order chi connectivity index (χ1) is 31.1. The van der Waals surface area contributed by atoms with Crippen molar-refractivity contribution in [2.24, 2.45) is 29.6 Å². The summed E-state index contributed by atoms with van der Waals surface area (Å²) in [6.07, 6.45) is 22.3. The lowest BCUT2D eigenvalue weighted by molar-refractivity contribution is -0.143. The van der Waals surface area contributed by atoms with E-state index in [0.717, 1.165) is 81.7 Å². The van der Waals surface area contributed by atoms with Gasteiger partial charge in [-0.2, -0.15) is 0 Å². The minimum absolute atomic E-state index is 0.169. The molecule has 0 aromatic carbocycles. The van der Waals surface area contributed by atoms with Gasteiger partial charge in [-0.15, -0.1) is 0 Å². The number of fused-ring (bicyclic) bond motifs is 8. The van der Waals surface area contributed by atoms with Gasteiger partial charge in [-0.3, -0.25) is 19.2 Å². The Balaban J connectivity index is 1.23. The molecule has 3 aliphatic rings. The quantitative estimate of drug-likeness (QED) is 0.0364. The molecule has 0 spiro atoms. The molecule has 0 radical (unpaired) electrons. The van der Waals surface area contributed by atoms with Crippen LogP contribution in [0.3, 0.4) is 0 Å². The fraction of sp³-hybridized carbons (Fsp3) is 0.564. The van der Waals surface area contributed by atoms with Crippen LogP contribution in [0.1, 0.15) is 180 Å². The summed E-state index contributed by atoms with van der Waals surface area (Å²) in [6, 6.07) is -0.498. The van der Waals surface area contributed by atoms with Gasteiger partial charge in [-0.25, -0.2) is 0 Å². The van der Waals surface area contributed by atoms with Gasteiger partial charge in [0.05, 0.1) is 24.2 Å². The van der Waals surface area contributed by atoms with Crippen molar-refractivity contribution in [3.05, 3.63) is 89.1 Å². The van der Waals surface area contributed by atoms with Crippen molar-refractivity contribution in [2.75, 3.05) is 13.7 Å². The standard InChI is InChI=1S/C55H76N4O6/c1-12-38-35(8)42-27-43-36(9)40(23-24-48(61)65-26-25-34(7)22-16-21-33(6)20-15-19-32(5)18-14-17-31(3)4)52(58-43)50-51(55(63)64-11)54(62)49-37(10)44(59-53(49)50)28-46-39(13-2)41(30-60)47(57-46)29-45(38)56-42/h25,27-33,40,51-52,56-59H,12-24,26H2,1-11H3/b34-25-,42-27-,44-28-,45-29-/t32-,33-,40+,51-,52?/m1/s1. The highest BCUT2D eigenvalue weighted by molar-refractivity contribution is 6.19. The van der Waals surface area contributed by atoms with Crippen LogP contribution >= 0.6 is 0 Å². The number of hydrogen-bond acceptors (Lipinski definition) is 7. The lowest BCUT2D eigenvalue weighted by atomic mass is 9.82. The van der Waals surface area contributed by atoms with Crippen molar-refractivity contribution < 1.29 is 28.7 Å². The predicted molar refractivity (Wildman–Crippen MR) is 261 cm³/mol. The molecule has 5 heterocycles. The molecule has 2 aliphatic heterocycles. The van der Waals surface area contributed by atoms with E-state index < -0.39 is 17.9 Å². The number of ketones is 1. The molecule has 0 amide bonds. The second kappa shape index (κ2) is 21.9. The fourth-order valence-corrected chi connectivity index (χ4v) is 10.7. The molecule has 1 unspecified atom stereocenters. The lowest BCUT2D eigenvalue weighted by Crippen LogP contribution is -2.39. The van der Waals surface area contributed by atoms with E-state index in [9.17, 15) is 19.2 Å². The van der Waals surface area contributed by atoms with Crippen molar-refractivity contribution in [1.82, 2.24) is 20.3 Å². The number of carbonyl (C=O) groups is 4. The molecule has 5 atom stereocenters. The first kappa shape index (κ1) is 49.3. The highest BCUT2D eigenvalue weighted by atomic mass is 16.5. The van der Waals surface area contributed by atoms with E-state index in [4.69, 9.17) is 9.47 Å². The number of aldehydes is 1. The van der Waals surface area contributed by atoms with Crippen LogP contribution in [0.2, 0.25) is 0 Å². The Morgan fingerprint density at radius 2 is 1.43 bits per heavy atom. The molecule has 352 valence electrons. The van der Waals surface area contributed by atoms with E-state index in [1.807, 2.05) is 32.1 Å². The summed E-state index contributed by atoms with van der Waals surface area (Å²) in [6.45, 7) is 21.9. The second-order valence-electron chi connectivity index (χ2n) is 19.8. The van der Waals surface area contributed by atoms with E-state index in [1.165, 1.54) is 57.6 Å². The van der Waals surface area contributed by atoms with Gasteiger partial charge >= 0.3 is 11.9 Å². The first-order valence-corrected chi connectivity index (χ1v) is 24.6. The van der Waals surface area contributed by atoms with E-state index in [2.05, 4.69) is 81.7 Å². The Kier molecular flexibility index (Phi) is 16.6. The van der Waals surface area contributed by atoms with E-state index in [-0.39, 0.29) is 30.7 Å². The molecular weight excluding hydrogens is 813 g/mol. The van der Waals surface area contributed by atoms with Crippen LogP contribution in [0.15, 0.2) is 22.9 Å². The maximum atomic E-state index is 14.4. The van der Waals surface area contributed by atoms with Crippen LogP contribution in [0.25, 0.3) is 23.8 Å². The largest absolute Gasteiger partial charge is 0.468 e. The molecule has 0 saturated heterocycles. The maximum Gasteiger partial charge on any atom is 0.320 e. The number of ether oxygens (including phenoxy) is 2. The summed E-state index contributed by atoms with van der Waals surface area (Å²) in [5, 5.41) is 6.88. The van der Waals surface area contributed by atoms with Gasteiger partial charge < -0.3 is 29.7 Å². The summed E-state index contributed by atoms with van der Waals surface area (Å²) < 4.78 is 11.1. The topological polar surface area (TPSA) is 146 Å². The van der Waals surface area contributed by atoms with Crippen molar-refractivity contribution >= 4 is 47.8 Å². The molecule has 10 nitrogen and oxygen atoms in total. The smallest absolute Gasteiger partial charge is 0.320 e. The number of Topliss-reactive ketones (excluding diaryl/α,β-unsaturated/α-hetero) is 1. The van der Waals surface area contributed by atoms with Gasteiger partial charge in [0.2, 0.25) is 0 Å². The van der Waals surface area contributed by atoms with Gasteiger partial charge in [-0.1, -0.05) is 92.1 Å². The number of allylic oxidation sites excluding steroid dienone is 2. The van der Waals surface area contributed by atoms with E-state index in [1.54, 1.807) is 0 Å². The number of esters is 2. The number of aromatic nitrogens is 3.